The van der Waals surface area contributed by atoms with E-state index in [1.165, 1.54) is 6.07 Å². The zero-order chi connectivity index (χ0) is 21.6. The highest BCUT2D eigenvalue weighted by Gasteiger charge is 2.26. The molecule has 3 aromatic rings. The Labute approximate surface area is 183 Å². The molecule has 0 bridgehead atoms. The second-order valence-corrected chi connectivity index (χ2v) is 7.96. The molecule has 0 atom stereocenters. The number of piperazine rings is 1. The van der Waals surface area contributed by atoms with E-state index in [9.17, 15) is 9.18 Å². The topological polar surface area (TPSA) is 26.8 Å². The van der Waals surface area contributed by atoms with Crippen molar-refractivity contribution in [1.82, 2.24) is 9.80 Å². The lowest BCUT2D eigenvalue weighted by Crippen LogP contribution is -2.51. The Kier molecular flexibility index (Phi) is 6.63. The smallest absolute Gasteiger partial charge is 0.236 e. The van der Waals surface area contributed by atoms with Crippen molar-refractivity contribution in [2.75, 3.05) is 44.7 Å². The molecule has 0 aliphatic carbocycles. The van der Waals surface area contributed by atoms with Crippen molar-refractivity contribution >= 4 is 11.6 Å². The summed E-state index contributed by atoms with van der Waals surface area (Å²) >= 11 is 0. The Morgan fingerprint density at radius 2 is 1.35 bits per heavy atom. The molecule has 5 heteroatoms. The Balaban J connectivity index is 1.42. The molecular weight excluding hydrogens is 389 g/mol. The molecule has 0 radical (unpaired) electrons. The van der Waals surface area contributed by atoms with Gasteiger partial charge >= 0.3 is 0 Å². The second kappa shape index (κ2) is 9.75. The molecule has 0 saturated carbocycles. The van der Waals surface area contributed by atoms with Gasteiger partial charge < -0.3 is 9.80 Å². The summed E-state index contributed by atoms with van der Waals surface area (Å²) in [5, 5.41) is 0. The number of carbonyl (C=O) groups excluding carboxylic acids is 1. The minimum Gasteiger partial charge on any atom is -0.366 e. The molecule has 0 unspecified atom stereocenters. The van der Waals surface area contributed by atoms with Gasteiger partial charge in [-0.25, -0.2) is 4.39 Å². The molecule has 31 heavy (non-hydrogen) atoms. The van der Waals surface area contributed by atoms with Crippen LogP contribution in [0.25, 0.3) is 0 Å². The highest BCUT2D eigenvalue weighted by molar-refractivity contribution is 5.78. The van der Waals surface area contributed by atoms with Crippen LogP contribution in [0.2, 0.25) is 0 Å². The molecule has 0 spiro atoms. The maximum absolute atomic E-state index is 14.1. The maximum Gasteiger partial charge on any atom is 0.236 e. The van der Waals surface area contributed by atoms with Gasteiger partial charge in [0.15, 0.2) is 0 Å². The van der Waals surface area contributed by atoms with Crippen LogP contribution in [0.15, 0.2) is 84.9 Å². The molecule has 1 aliphatic heterocycles. The first-order valence-electron chi connectivity index (χ1n) is 10.7. The summed E-state index contributed by atoms with van der Waals surface area (Å²) in [5.41, 5.74) is 2.93. The van der Waals surface area contributed by atoms with Crippen molar-refractivity contribution < 1.29 is 9.18 Å². The van der Waals surface area contributed by atoms with Crippen molar-refractivity contribution in [3.8, 4) is 0 Å². The Morgan fingerprint density at radius 1 is 0.839 bits per heavy atom. The third-order valence-corrected chi connectivity index (χ3v) is 5.88. The average Bonchev–Trinajstić information content (AvgIpc) is 2.81. The van der Waals surface area contributed by atoms with E-state index in [1.54, 1.807) is 12.1 Å². The number of benzene rings is 3. The summed E-state index contributed by atoms with van der Waals surface area (Å²) in [5.74, 6) is -0.108. The van der Waals surface area contributed by atoms with Crippen LogP contribution in [0.1, 0.15) is 17.2 Å². The number of halogens is 1. The van der Waals surface area contributed by atoms with Gasteiger partial charge in [0.2, 0.25) is 5.91 Å². The van der Waals surface area contributed by atoms with Gasteiger partial charge in [0.25, 0.3) is 0 Å². The third kappa shape index (κ3) is 4.94. The highest BCUT2D eigenvalue weighted by atomic mass is 19.1. The van der Waals surface area contributed by atoms with Gasteiger partial charge in [-0.05, 0) is 30.3 Å². The number of carbonyl (C=O) groups is 1. The first kappa shape index (κ1) is 21.1. The van der Waals surface area contributed by atoms with Crippen LogP contribution in [-0.4, -0.2) is 55.5 Å². The highest BCUT2D eigenvalue weighted by Crippen LogP contribution is 2.27. The van der Waals surface area contributed by atoms with E-state index < -0.39 is 0 Å². The number of anilines is 1. The molecule has 1 saturated heterocycles. The molecule has 1 fully saturated rings. The van der Waals surface area contributed by atoms with Crippen LogP contribution in [0, 0.1) is 5.82 Å². The average molecular weight is 418 g/mol. The van der Waals surface area contributed by atoms with E-state index in [-0.39, 0.29) is 17.8 Å². The normalized spacial score (nSPS) is 14.3. The zero-order valence-corrected chi connectivity index (χ0v) is 17.8. The third-order valence-electron chi connectivity index (χ3n) is 5.88. The molecule has 4 nitrogen and oxygen atoms in total. The number of amides is 1. The summed E-state index contributed by atoms with van der Waals surface area (Å²) in [7, 11) is 2.00. The van der Waals surface area contributed by atoms with Crippen molar-refractivity contribution in [3.63, 3.8) is 0 Å². The molecule has 3 aromatic carbocycles. The quantitative estimate of drug-likeness (QED) is 0.602. The van der Waals surface area contributed by atoms with E-state index in [0.29, 0.717) is 38.4 Å². The molecule has 1 amide bonds. The number of likely N-dealkylation sites (N-methyl/N-ethyl adjacent to an activating group) is 1. The predicted octanol–water partition coefficient (Wildman–Crippen LogP) is 4.20. The SMILES string of the molecule is CN(CC(=O)N1CCN(c2ccccc2F)CC1)C(c1ccccc1)c1ccccc1. The van der Waals surface area contributed by atoms with E-state index in [2.05, 4.69) is 29.2 Å². The lowest BCUT2D eigenvalue weighted by molar-refractivity contribution is -0.132. The Bertz CT molecular complexity index is 948. The standard InChI is InChI=1S/C26H28FN3O/c1-28(26(21-10-4-2-5-11-21)22-12-6-3-7-13-22)20-25(31)30-18-16-29(17-19-30)24-15-9-8-14-23(24)27/h2-15,26H,16-20H2,1H3. The van der Waals surface area contributed by atoms with Crippen LogP contribution < -0.4 is 4.90 Å². The van der Waals surface area contributed by atoms with E-state index in [4.69, 9.17) is 0 Å². The summed E-state index contributed by atoms with van der Waals surface area (Å²) in [6, 6.07) is 27.4. The monoisotopic (exact) mass is 417 g/mol. The minimum absolute atomic E-state index is 0.00561. The largest absolute Gasteiger partial charge is 0.366 e. The first-order valence-corrected chi connectivity index (χ1v) is 10.7. The molecule has 1 heterocycles. The van der Waals surface area contributed by atoms with E-state index >= 15 is 0 Å². The van der Waals surface area contributed by atoms with E-state index in [0.717, 1.165) is 11.1 Å². The minimum atomic E-state index is -0.212. The molecule has 4 rings (SSSR count). The molecule has 0 N–H and O–H groups in total. The summed E-state index contributed by atoms with van der Waals surface area (Å²) < 4.78 is 14.1. The summed E-state index contributed by atoms with van der Waals surface area (Å²) in [4.78, 5) is 19.1. The second-order valence-electron chi connectivity index (χ2n) is 7.96. The zero-order valence-electron chi connectivity index (χ0n) is 17.8. The van der Waals surface area contributed by atoms with Gasteiger partial charge in [0, 0.05) is 26.2 Å². The van der Waals surface area contributed by atoms with Crippen molar-refractivity contribution in [1.29, 1.82) is 0 Å². The van der Waals surface area contributed by atoms with Gasteiger partial charge in [-0.2, -0.15) is 0 Å². The summed E-state index contributed by atoms with van der Waals surface area (Å²) in [6.07, 6.45) is 0. The summed E-state index contributed by atoms with van der Waals surface area (Å²) in [6.45, 7) is 2.80. The van der Waals surface area contributed by atoms with Gasteiger partial charge in [-0.3, -0.25) is 9.69 Å². The lowest BCUT2D eigenvalue weighted by Gasteiger charge is -2.37. The Morgan fingerprint density at radius 3 is 1.90 bits per heavy atom. The van der Waals surface area contributed by atoms with Crippen molar-refractivity contribution in [2.24, 2.45) is 0 Å². The van der Waals surface area contributed by atoms with Gasteiger partial charge in [-0.1, -0.05) is 72.8 Å². The number of para-hydroxylation sites is 1. The lowest BCUT2D eigenvalue weighted by atomic mass is 9.97. The molecule has 0 aromatic heterocycles. The van der Waals surface area contributed by atoms with Gasteiger partial charge in [-0.15, -0.1) is 0 Å². The fourth-order valence-corrected chi connectivity index (χ4v) is 4.28. The molecule has 1 aliphatic rings. The molecular formula is C26H28FN3O. The molecule has 160 valence electrons. The predicted molar refractivity (Wildman–Crippen MR) is 123 cm³/mol. The van der Waals surface area contributed by atoms with Crippen LogP contribution in [0.5, 0.6) is 0 Å². The van der Waals surface area contributed by atoms with Crippen molar-refractivity contribution in [2.45, 2.75) is 6.04 Å². The van der Waals surface area contributed by atoms with Crippen LogP contribution in [0.3, 0.4) is 0 Å². The van der Waals surface area contributed by atoms with Gasteiger partial charge in [0.05, 0.1) is 18.3 Å². The maximum atomic E-state index is 14.1. The fourth-order valence-electron chi connectivity index (χ4n) is 4.28. The number of nitrogens with zero attached hydrogens (tertiary/aromatic N) is 3. The first-order chi connectivity index (χ1) is 15.1. The van der Waals surface area contributed by atoms with E-state index in [1.807, 2.05) is 59.3 Å². The van der Waals surface area contributed by atoms with Crippen LogP contribution >= 0.6 is 0 Å². The fraction of sp³-hybridized carbons (Fsp3) is 0.269. The van der Waals surface area contributed by atoms with Gasteiger partial charge in [0.1, 0.15) is 5.82 Å². The Hall–Kier alpha value is -3.18. The number of hydrogen-bond donors (Lipinski definition) is 0. The van der Waals surface area contributed by atoms with Crippen molar-refractivity contribution in [3.05, 3.63) is 102 Å². The van der Waals surface area contributed by atoms with Crippen LogP contribution in [0.4, 0.5) is 10.1 Å². The van der Waals surface area contributed by atoms with Crippen LogP contribution in [-0.2, 0) is 4.79 Å². The number of hydrogen-bond acceptors (Lipinski definition) is 3. The number of rotatable bonds is 6.